The molecule has 0 saturated carbocycles. The molecule has 0 saturated heterocycles. The summed E-state index contributed by atoms with van der Waals surface area (Å²) in [5.74, 6) is -0.982. The molecule has 0 amide bonds. The summed E-state index contributed by atoms with van der Waals surface area (Å²) in [5.41, 5.74) is 0.417. The zero-order valence-corrected chi connectivity index (χ0v) is 18.7. The fraction of sp³-hybridized carbons (Fsp3) is 0.600. The maximum Gasteiger partial charge on any atom is 1.00 e. The molecule has 3 nitrogen and oxygen atoms in total. The van der Waals surface area contributed by atoms with E-state index in [0.717, 1.165) is 25.7 Å². The summed E-state index contributed by atoms with van der Waals surface area (Å²) in [7, 11) is 0. The third-order valence-corrected chi connectivity index (χ3v) is 4.86. The fourth-order valence-electron chi connectivity index (χ4n) is 3.13. The maximum absolute atomic E-state index is 11.8. The van der Waals surface area contributed by atoms with Gasteiger partial charge in [-0.3, -0.25) is 4.79 Å². The van der Waals surface area contributed by atoms with E-state index in [0.29, 0.717) is 12.0 Å². The van der Waals surface area contributed by atoms with E-state index in [-0.39, 0.29) is 20.3 Å². The van der Waals surface area contributed by atoms with E-state index in [9.17, 15) is 9.59 Å². The number of carbonyl (C=O) groups is 2. The molecule has 0 atom stereocenters. The van der Waals surface area contributed by atoms with Crippen LogP contribution in [0, 0.1) is 0 Å². The Labute approximate surface area is 191 Å². The van der Waals surface area contributed by atoms with Crippen molar-refractivity contribution in [2.45, 2.75) is 96.8 Å². The molecule has 0 radical (unpaired) electrons. The van der Waals surface area contributed by atoms with E-state index in [4.69, 9.17) is 4.74 Å². The van der Waals surface area contributed by atoms with Gasteiger partial charge in [-0.15, -0.1) is 0 Å². The predicted molar refractivity (Wildman–Crippen MR) is 117 cm³/mol. The second-order valence-electron chi connectivity index (χ2n) is 7.46. The van der Waals surface area contributed by atoms with Gasteiger partial charge in [-0.1, -0.05) is 88.6 Å². The zero-order chi connectivity index (χ0) is 20.3. The van der Waals surface area contributed by atoms with Gasteiger partial charge in [0.15, 0.2) is 0 Å². The van der Waals surface area contributed by atoms with Gasteiger partial charge in [-0.25, -0.2) is 4.79 Å². The Bertz CT molecular complexity index is 561. The first-order chi connectivity index (χ1) is 13.7. The number of esters is 2. The van der Waals surface area contributed by atoms with Gasteiger partial charge in [-0.2, -0.15) is 0 Å². The third kappa shape index (κ3) is 16.2. The molecule has 0 N–H and O–H groups in total. The number of unbranched alkanes of at least 4 members (excludes halogenated alkanes) is 11. The number of rotatable bonds is 16. The molecule has 158 valence electrons. The Hall–Kier alpha value is -1.30. The van der Waals surface area contributed by atoms with E-state index in [1.165, 1.54) is 57.8 Å². The largest absolute Gasteiger partial charge is 1.00 e. The van der Waals surface area contributed by atoms with Crippen LogP contribution in [0.25, 0.3) is 0 Å². The average Bonchev–Trinajstić information content (AvgIpc) is 2.71. The summed E-state index contributed by atoms with van der Waals surface area (Å²) in [6.07, 6.45) is 20.8. The molecule has 1 aromatic carbocycles. The van der Waals surface area contributed by atoms with E-state index in [1.54, 1.807) is 24.3 Å². The minimum atomic E-state index is -0.557. The van der Waals surface area contributed by atoms with Crippen molar-refractivity contribution >= 4 is 11.9 Å². The number of carbonyl (C=O) groups excluding carboxylic acids is 2. The SMILES string of the molecule is CCCCCCCC/C=C\CCCCCCCC(=O)OC(=O)c1ccccc1.[H-].[Li+]. The Morgan fingerprint density at radius 3 is 1.90 bits per heavy atom. The molecule has 1 rings (SSSR count). The van der Waals surface area contributed by atoms with E-state index < -0.39 is 11.9 Å². The summed E-state index contributed by atoms with van der Waals surface area (Å²) in [5, 5.41) is 0. The Morgan fingerprint density at radius 2 is 1.31 bits per heavy atom. The van der Waals surface area contributed by atoms with Gasteiger partial charge in [0, 0.05) is 6.42 Å². The molecule has 4 heteroatoms. The van der Waals surface area contributed by atoms with Gasteiger partial charge in [0.1, 0.15) is 0 Å². The molecular formula is C25H39LiO3. The zero-order valence-electron chi connectivity index (χ0n) is 19.7. The van der Waals surface area contributed by atoms with E-state index in [2.05, 4.69) is 19.1 Å². The Kier molecular flexibility index (Phi) is 19.1. The van der Waals surface area contributed by atoms with Crippen LogP contribution in [-0.4, -0.2) is 11.9 Å². The van der Waals surface area contributed by atoms with Crippen molar-refractivity contribution in [3.05, 3.63) is 48.0 Å². The first-order valence-electron chi connectivity index (χ1n) is 11.2. The number of hydrogen-bond donors (Lipinski definition) is 0. The molecule has 1 aromatic rings. The van der Waals surface area contributed by atoms with Gasteiger partial charge in [0.25, 0.3) is 0 Å². The Morgan fingerprint density at radius 1 is 0.793 bits per heavy atom. The van der Waals surface area contributed by atoms with Crippen molar-refractivity contribution in [1.82, 2.24) is 0 Å². The van der Waals surface area contributed by atoms with Crippen LogP contribution in [-0.2, 0) is 9.53 Å². The molecule has 0 aliphatic heterocycles. The van der Waals surface area contributed by atoms with Crippen LogP contribution in [0.2, 0.25) is 0 Å². The first kappa shape index (κ1) is 27.7. The quantitative estimate of drug-likeness (QED) is 0.136. The fourth-order valence-corrected chi connectivity index (χ4v) is 3.13. The van der Waals surface area contributed by atoms with Crippen LogP contribution < -0.4 is 18.9 Å². The molecule has 0 aliphatic rings. The summed E-state index contributed by atoms with van der Waals surface area (Å²) >= 11 is 0. The second-order valence-corrected chi connectivity index (χ2v) is 7.46. The van der Waals surface area contributed by atoms with Gasteiger partial charge in [-0.05, 0) is 44.2 Å². The minimum Gasteiger partial charge on any atom is -1.00 e. The molecule has 0 spiro atoms. The van der Waals surface area contributed by atoms with E-state index in [1.807, 2.05) is 6.07 Å². The van der Waals surface area contributed by atoms with Crippen molar-refractivity contribution in [3.63, 3.8) is 0 Å². The van der Waals surface area contributed by atoms with Gasteiger partial charge >= 0.3 is 30.8 Å². The second kappa shape index (κ2) is 20.0. The van der Waals surface area contributed by atoms with Crippen molar-refractivity contribution in [2.24, 2.45) is 0 Å². The number of ether oxygens (including phenoxy) is 1. The topological polar surface area (TPSA) is 43.4 Å². The molecule has 0 aliphatic carbocycles. The number of benzene rings is 1. The molecule has 0 unspecified atom stereocenters. The van der Waals surface area contributed by atoms with Crippen molar-refractivity contribution in [3.8, 4) is 0 Å². The Balaban J connectivity index is 0. The first-order valence-corrected chi connectivity index (χ1v) is 11.2. The third-order valence-electron chi connectivity index (χ3n) is 4.86. The molecule has 0 aromatic heterocycles. The van der Waals surface area contributed by atoms with Gasteiger partial charge < -0.3 is 6.16 Å². The van der Waals surface area contributed by atoms with Crippen LogP contribution in [0.15, 0.2) is 42.5 Å². The summed E-state index contributed by atoms with van der Waals surface area (Å²) in [6, 6.07) is 8.63. The van der Waals surface area contributed by atoms with Crippen molar-refractivity contribution in [1.29, 1.82) is 0 Å². The smallest absolute Gasteiger partial charge is 1.00 e. The van der Waals surface area contributed by atoms with Gasteiger partial charge in [0.2, 0.25) is 0 Å². The summed E-state index contributed by atoms with van der Waals surface area (Å²) < 4.78 is 4.87. The van der Waals surface area contributed by atoms with Crippen LogP contribution in [0.1, 0.15) is 109 Å². The molecule has 0 bridgehead atoms. The van der Waals surface area contributed by atoms with Crippen molar-refractivity contribution < 1.29 is 34.6 Å². The molecule has 0 fully saturated rings. The molecular weight excluding hydrogens is 355 g/mol. The summed E-state index contributed by atoms with van der Waals surface area (Å²) in [4.78, 5) is 23.5. The number of hydrogen-bond acceptors (Lipinski definition) is 3. The maximum atomic E-state index is 11.8. The normalized spacial score (nSPS) is 10.7. The standard InChI is InChI=1S/C25H38O3.Li.H/c1-2-3-4-5-6-7-8-9-10-11-12-13-14-15-19-22-24(26)28-25(27)23-20-17-16-18-21-23;;/h9-10,16-18,20-21H,2-8,11-15,19,22H2,1H3;;/q;+1;-1/b10-9-;;. The monoisotopic (exact) mass is 394 g/mol. The number of allylic oxidation sites excluding steroid dienone is 2. The minimum absolute atomic E-state index is 0. The van der Waals surface area contributed by atoms with Gasteiger partial charge in [0.05, 0.1) is 5.56 Å². The average molecular weight is 395 g/mol. The van der Waals surface area contributed by atoms with Crippen LogP contribution in [0.4, 0.5) is 0 Å². The molecule has 29 heavy (non-hydrogen) atoms. The van der Waals surface area contributed by atoms with Crippen LogP contribution >= 0.6 is 0 Å². The van der Waals surface area contributed by atoms with E-state index >= 15 is 0 Å². The summed E-state index contributed by atoms with van der Waals surface area (Å²) in [6.45, 7) is 2.26. The van der Waals surface area contributed by atoms with Crippen molar-refractivity contribution in [2.75, 3.05) is 0 Å². The predicted octanol–water partition coefficient (Wildman–Crippen LogP) is 4.52. The van der Waals surface area contributed by atoms with Crippen LogP contribution in [0.5, 0.6) is 0 Å². The van der Waals surface area contributed by atoms with Crippen LogP contribution in [0.3, 0.4) is 0 Å². The molecule has 0 heterocycles.